The Kier molecular flexibility index (Phi) is 9.95. The molecule has 1 amide bonds. The van der Waals surface area contributed by atoms with Gasteiger partial charge in [0.25, 0.3) is 5.91 Å². The largest absolute Gasteiger partial charge is 0.490 e. The van der Waals surface area contributed by atoms with E-state index in [2.05, 4.69) is 10.6 Å². The first-order valence-corrected chi connectivity index (χ1v) is 9.80. The number of amides is 1. The van der Waals surface area contributed by atoms with Crippen molar-refractivity contribution in [2.75, 3.05) is 13.2 Å². The Balaban J connectivity index is 0.00000364. The molecule has 27 heavy (non-hydrogen) atoms. The number of ether oxygens (including phenoxy) is 2. The lowest BCUT2D eigenvalue weighted by molar-refractivity contribution is -0.124. The summed E-state index contributed by atoms with van der Waals surface area (Å²) in [5.41, 5.74) is 0.906. The molecule has 0 bridgehead atoms. The van der Waals surface area contributed by atoms with Crippen molar-refractivity contribution >= 4 is 18.3 Å². The van der Waals surface area contributed by atoms with Crippen LogP contribution in [0.15, 0.2) is 18.2 Å². The smallest absolute Gasteiger partial charge is 0.258 e. The normalized spacial score (nSPS) is 15.0. The van der Waals surface area contributed by atoms with Crippen LogP contribution in [-0.4, -0.2) is 30.7 Å². The molecule has 0 radical (unpaired) electrons. The number of carbonyl (C=O) groups excluding carboxylic acids is 1. The molecule has 6 heteroatoms. The number of nitrogens with one attached hydrogen (secondary N) is 2. The number of benzene rings is 1. The second-order valence-electron chi connectivity index (χ2n) is 8.02. The average Bonchev–Trinajstić information content (AvgIpc) is 2.59. The summed E-state index contributed by atoms with van der Waals surface area (Å²) < 4.78 is 11.4. The highest BCUT2D eigenvalue weighted by atomic mass is 35.5. The third kappa shape index (κ3) is 8.85. The molecule has 0 heterocycles. The highest BCUT2D eigenvalue weighted by molar-refractivity contribution is 5.85. The van der Waals surface area contributed by atoms with E-state index in [0.717, 1.165) is 6.54 Å². The van der Waals surface area contributed by atoms with E-state index in [0.29, 0.717) is 24.1 Å². The van der Waals surface area contributed by atoms with Crippen molar-refractivity contribution in [3.8, 4) is 11.5 Å². The quantitative estimate of drug-likeness (QED) is 0.688. The summed E-state index contributed by atoms with van der Waals surface area (Å²) in [5.74, 6) is 1.17. The van der Waals surface area contributed by atoms with Crippen LogP contribution < -0.4 is 20.1 Å². The molecule has 1 aromatic rings. The maximum absolute atomic E-state index is 12.0. The van der Waals surface area contributed by atoms with Crippen molar-refractivity contribution in [3.63, 3.8) is 0 Å². The number of rotatable bonds is 8. The van der Waals surface area contributed by atoms with E-state index >= 15 is 0 Å². The van der Waals surface area contributed by atoms with Crippen LogP contribution in [0.1, 0.15) is 65.4 Å². The first-order chi connectivity index (χ1) is 12.4. The van der Waals surface area contributed by atoms with Crippen LogP contribution in [-0.2, 0) is 11.3 Å². The number of carbonyl (C=O) groups is 1. The van der Waals surface area contributed by atoms with Gasteiger partial charge >= 0.3 is 0 Å². The highest BCUT2D eigenvalue weighted by Crippen LogP contribution is 2.29. The summed E-state index contributed by atoms with van der Waals surface area (Å²) in [6.07, 6.45) is 6.54. The molecular formula is C21H35ClN2O3. The fourth-order valence-electron chi connectivity index (χ4n) is 3.22. The minimum absolute atomic E-state index is 0. The molecule has 2 N–H and O–H groups in total. The summed E-state index contributed by atoms with van der Waals surface area (Å²) >= 11 is 0. The summed E-state index contributed by atoms with van der Waals surface area (Å²) in [6, 6.07) is 6.56. The number of halogens is 1. The van der Waals surface area contributed by atoms with Gasteiger partial charge in [-0.1, -0.05) is 25.3 Å². The molecule has 0 aromatic heterocycles. The van der Waals surface area contributed by atoms with Crippen molar-refractivity contribution in [2.24, 2.45) is 0 Å². The van der Waals surface area contributed by atoms with Crippen molar-refractivity contribution in [1.82, 2.24) is 10.6 Å². The standard InChI is InChI=1S/C21H34N2O3.ClH/c1-5-25-19-13-16(14-22-17-9-7-6-8-10-17)11-12-18(19)26-15-20(24)23-21(2,3)4;/h11-13,17,22H,5-10,14-15H2,1-4H3,(H,23,24);1H. The third-order valence-electron chi connectivity index (χ3n) is 4.38. The lowest BCUT2D eigenvalue weighted by Gasteiger charge is -2.23. The van der Waals surface area contributed by atoms with Crippen LogP contribution in [0.25, 0.3) is 0 Å². The second-order valence-corrected chi connectivity index (χ2v) is 8.02. The zero-order valence-corrected chi connectivity index (χ0v) is 17.9. The molecule has 0 spiro atoms. The van der Waals surface area contributed by atoms with Gasteiger partial charge in [0.2, 0.25) is 0 Å². The molecule has 1 saturated carbocycles. The van der Waals surface area contributed by atoms with Gasteiger partial charge in [0.1, 0.15) is 0 Å². The summed E-state index contributed by atoms with van der Waals surface area (Å²) in [5, 5.41) is 6.54. The molecule has 154 valence electrons. The van der Waals surface area contributed by atoms with Gasteiger partial charge in [0, 0.05) is 18.1 Å². The Morgan fingerprint density at radius 1 is 1.11 bits per heavy atom. The first kappa shape index (κ1) is 23.6. The van der Waals surface area contributed by atoms with Crippen molar-refractivity contribution in [1.29, 1.82) is 0 Å². The van der Waals surface area contributed by atoms with Gasteiger partial charge in [-0.3, -0.25) is 4.79 Å². The Labute approximate surface area is 170 Å². The van der Waals surface area contributed by atoms with Gasteiger partial charge in [0.05, 0.1) is 6.61 Å². The van der Waals surface area contributed by atoms with E-state index in [1.165, 1.54) is 37.7 Å². The average molecular weight is 399 g/mol. The minimum Gasteiger partial charge on any atom is -0.490 e. The van der Waals surface area contributed by atoms with Crippen LogP contribution in [0, 0.1) is 0 Å². The van der Waals surface area contributed by atoms with Crippen LogP contribution >= 0.6 is 12.4 Å². The molecule has 0 atom stereocenters. The topological polar surface area (TPSA) is 59.6 Å². The van der Waals surface area contributed by atoms with Crippen molar-refractivity contribution in [3.05, 3.63) is 23.8 Å². The molecule has 2 rings (SSSR count). The zero-order chi connectivity index (χ0) is 19.0. The van der Waals surface area contributed by atoms with Crippen molar-refractivity contribution in [2.45, 2.75) is 77.9 Å². The van der Waals surface area contributed by atoms with Crippen LogP contribution in [0.3, 0.4) is 0 Å². The molecule has 1 aromatic carbocycles. The maximum Gasteiger partial charge on any atom is 0.258 e. The van der Waals surface area contributed by atoms with Gasteiger partial charge in [-0.15, -0.1) is 12.4 Å². The fraction of sp³-hybridized carbons (Fsp3) is 0.667. The van der Waals surface area contributed by atoms with Gasteiger partial charge in [-0.2, -0.15) is 0 Å². The monoisotopic (exact) mass is 398 g/mol. The molecule has 0 aliphatic heterocycles. The number of hydrogen-bond donors (Lipinski definition) is 2. The summed E-state index contributed by atoms with van der Waals surface area (Å²) in [7, 11) is 0. The van der Waals surface area contributed by atoms with Crippen molar-refractivity contribution < 1.29 is 14.3 Å². The van der Waals surface area contributed by atoms with Crippen LogP contribution in [0.2, 0.25) is 0 Å². The van der Waals surface area contributed by atoms with E-state index in [-0.39, 0.29) is 30.5 Å². The summed E-state index contributed by atoms with van der Waals surface area (Å²) in [6.45, 7) is 9.17. The van der Waals surface area contributed by atoms with E-state index in [9.17, 15) is 4.79 Å². The predicted octanol–water partition coefficient (Wildman–Crippen LogP) is 4.22. The minimum atomic E-state index is -0.266. The Bertz CT molecular complexity index is 581. The molecule has 1 aliphatic carbocycles. The molecule has 1 fully saturated rings. The highest BCUT2D eigenvalue weighted by Gasteiger charge is 2.16. The SMILES string of the molecule is CCOc1cc(CNC2CCCCC2)ccc1OCC(=O)NC(C)(C)C.Cl. The first-order valence-electron chi connectivity index (χ1n) is 9.80. The molecular weight excluding hydrogens is 364 g/mol. The predicted molar refractivity (Wildman–Crippen MR) is 112 cm³/mol. The molecule has 0 unspecified atom stereocenters. The third-order valence-corrected chi connectivity index (χ3v) is 4.38. The van der Waals surface area contributed by atoms with Gasteiger partial charge in [-0.05, 0) is 58.2 Å². The maximum atomic E-state index is 12.0. The molecule has 5 nitrogen and oxygen atoms in total. The van der Waals surface area contributed by atoms with E-state index < -0.39 is 0 Å². The van der Waals surface area contributed by atoms with Crippen LogP contribution in [0.4, 0.5) is 0 Å². The van der Waals surface area contributed by atoms with Crippen LogP contribution in [0.5, 0.6) is 11.5 Å². The number of hydrogen-bond acceptors (Lipinski definition) is 4. The fourth-order valence-corrected chi connectivity index (χ4v) is 3.22. The Morgan fingerprint density at radius 3 is 2.44 bits per heavy atom. The molecule has 0 saturated heterocycles. The van der Waals surface area contributed by atoms with E-state index in [1.807, 2.05) is 45.9 Å². The summed E-state index contributed by atoms with van der Waals surface area (Å²) in [4.78, 5) is 12.0. The Morgan fingerprint density at radius 2 is 1.81 bits per heavy atom. The second kappa shape index (κ2) is 11.4. The lowest BCUT2D eigenvalue weighted by Crippen LogP contribution is -2.43. The Hall–Kier alpha value is -1.46. The van der Waals surface area contributed by atoms with E-state index in [1.54, 1.807) is 0 Å². The van der Waals surface area contributed by atoms with Gasteiger partial charge in [-0.25, -0.2) is 0 Å². The zero-order valence-electron chi connectivity index (χ0n) is 17.1. The molecule has 1 aliphatic rings. The van der Waals surface area contributed by atoms with Gasteiger partial charge in [0.15, 0.2) is 18.1 Å². The van der Waals surface area contributed by atoms with E-state index in [4.69, 9.17) is 9.47 Å². The van der Waals surface area contributed by atoms with Gasteiger partial charge < -0.3 is 20.1 Å². The lowest BCUT2D eigenvalue weighted by atomic mass is 9.95.